The van der Waals surface area contributed by atoms with Crippen molar-refractivity contribution in [1.82, 2.24) is 50.8 Å². The second kappa shape index (κ2) is 61.5. The number of urea groups is 2. The van der Waals surface area contributed by atoms with Gasteiger partial charge >= 0.3 is 48.1 Å². The molecule has 0 aliphatic heterocycles. The van der Waals surface area contributed by atoms with E-state index in [1.54, 1.807) is 219 Å². The maximum Gasteiger partial charge on any atom is 0.408 e. The first-order chi connectivity index (χ1) is 67.5. The van der Waals surface area contributed by atoms with Crippen molar-refractivity contribution in [3.05, 3.63) is 223 Å². The molecule has 48 heteroatoms. The molecule has 16 N–H and O–H groups in total. The van der Waals surface area contributed by atoms with Gasteiger partial charge in [-0.05, 0) is 159 Å². The second-order valence-corrected chi connectivity index (χ2v) is 47.9. The van der Waals surface area contributed by atoms with Gasteiger partial charge in [0.15, 0.2) is 6.04 Å². The number of aliphatic imine (C=N–C) groups is 1. The standard InChI is InChI=1S/C25H33N3O6S.C18H27N3O6S.C16H24N2O5S.C14H17NO3.C11H16N2O3S.C10H19NO4.C6H7NO2S.ClH/c1-17(2)20(22(29)28-35(32,33)19-14-10-7-11-15-19)26-24(31)27-21(25(3,4)5)23(30)34-16-18-12-8-6-9-13-18;1-11(2)13(19-17(25)20-14(16(23)24)18(3,4)5)15(22)21-28(26,27)12-9-7-6-8-10-12;1-11(2)13(17-15(20)23-16(3,4)5)14(19)18-24(21,22)12-9-7-6-8-10-12;1-14(2,3)12(15-10-16)13(17)18-9-11-7-5-4-6-8-11;1-8(2)10(12)11(14)13-17(15,16)9-6-4-3-5-7-9;1-6(2)7(8(12)13)11-9(14)15-10(3,4)5;7-10(8,9)6-4-2-1-3-5-6;/h6-15,17,20-21H,16H2,1-5H3,(H,28,29)(H2,26,27,31);6-11,13-14H,1-5H3,(H,21,22)(H,23,24)(H2,19,20,25);6-11,13H,1-5H3,(H,17,20)(H,18,19);4-8,12H,9H2,1-3H3;3-8,10H,12H2,1-2H3,(H,13,14);6-7H,1-5H3,(H,11,14)(H,12,13);1-5H,(H2,7,8,9);1H/t20-,21+;13-,14+;13-;12-;10-;7-;;/m000100../s1. The molecule has 0 saturated carbocycles. The summed E-state index contributed by atoms with van der Waals surface area (Å²) < 4.78 is 147. The molecule has 7 rings (SSSR count). The summed E-state index contributed by atoms with van der Waals surface area (Å²) >= 11 is 0. The zero-order chi connectivity index (χ0) is 113. The largest absolute Gasteiger partial charge is 0.480 e. The topological polar surface area (TPSA) is 655 Å². The number of ether oxygens (including phenoxy) is 4. The highest BCUT2D eigenvalue weighted by atomic mass is 35.5. The molecule has 0 aromatic heterocycles. The number of primary sulfonamides is 1. The molecule has 0 radical (unpaired) electrons. The van der Waals surface area contributed by atoms with Crippen molar-refractivity contribution in [2.75, 3.05) is 0 Å². The van der Waals surface area contributed by atoms with E-state index < -0.39 is 209 Å². The Labute approximate surface area is 874 Å². The van der Waals surface area contributed by atoms with Crippen molar-refractivity contribution in [1.29, 1.82) is 0 Å². The Hall–Kier alpha value is -13.3. The number of carbonyl (C=O) groups is 12. The van der Waals surface area contributed by atoms with Crippen molar-refractivity contribution in [2.24, 2.45) is 61.7 Å². The van der Waals surface area contributed by atoms with Crippen LogP contribution in [0.25, 0.3) is 0 Å². The molecule has 0 bridgehead atoms. The molecule has 820 valence electrons. The quantitative estimate of drug-likeness (QED) is 0.00786. The first-order valence-electron chi connectivity index (χ1n) is 45.9. The highest BCUT2D eigenvalue weighted by Crippen LogP contribution is 2.26. The molecular formula is C100H144ClN13O29S5. The number of esters is 2. The van der Waals surface area contributed by atoms with Crippen LogP contribution < -0.4 is 61.7 Å². The summed E-state index contributed by atoms with van der Waals surface area (Å²) in [6.07, 6.45) is -0.0612. The number of rotatable bonds is 33. The number of carboxylic acids is 2. The number of nitrogens with one attached hydrogen (secondary N) is 10. The average molecular weight is 2190 g/mol. The number of hydrogen-bond donors (Lipinski definition) is 14. The molecule has 0 aliphatic rings. The number of nitrogens with zero attached hydrogens (tertiary/aromatic N) is 1. The molecule has 7 aromatic rings. The molecular weight excluding hydrogens is 2040 g/mol. The summed E-state index contributed by atoms with van der Waals surface area (Å²) in [6, 6.07) is 46.5. The minimum Gasteiger partial charge on any atom is -0.480 e. The molecule has 10 amide bonds. The highest BCUT2D eigenvalue weighted by Gasteiger charge is 2.40. The monoisotopic (exact) mass is 2190 g/mol. The van der Waals surface area contributed by atoms with Crippen LogP contribution in [-0.4, -0.2) is 190 Å². The number of carboxylic acid groups (broad SMARTS) is 2. The number of amides is 10. The highest BCUT2D eigenvalue weighted by molar-refractivity contribution is 7.91. The van der Waals surface area contributed by atoms with Gasteiger partial charge in [0, 0.05) is 0 Å². The van der Waals surface area contributed by atoms with E-state index in [0.29, 0.717) is 0 Å². The molecule has 42 nitrogen and oxygen atoms in total. The molecule has 0 unspecified atom stereocenters. The van der Waals surface area contributed by atoms with Crippen LogP contribution in [0.5, 0.6) is 0 Å². The van der Waals surface area contributed by atoms with E-state index in [1.165, 1.54) is 91.0 Å². The molecule has 148 heavy (non-hydrogen) atoms. The summed E-state index contributed by atoms with van der Waals surface area (Å²) in [4.78, 5) is 158. The number of alkyl carbamates (subject to hydrolysis) is 2. The van der Waals surface area contributed by atoms with Gasteiger partial charge in [-0.1, -0.05) is 283 Å². The van der Waals surface area contributed by atoms with Gasteiger partial charge in [-0.15, -0.1) is 12.4 Å². The van der Waals surface area contributed by atoms with Gasteiger partial charge in [0.25, 0.3) is 63.7 Å². The molecule has 7 aromatic carbocycles. The maximum absolute atomic E-state index is 12.8. The Bertz CT molecular complexity index is 6090. The first kappa shape index (κ1) is 135. The summed E-state index contributed by atoms with van der Waals surface area (Å²) in [5, 5.41) is 37.4. The van der Waals surface area contributed by atoms with Gasteiger partial charge in [-0.3, -0.25) is 19.2 Å². The lowest BCUT2D eigenvalue weighted by Crippen LogP contribution is -2.58. The Morgan fingerprint density at radius 3 is 0.811 bits per heavy atom. The van der Waals surface area contributed by atoms with Crippen LogP contribution in [0.1, 0.15) is 184 Å². The first-order valence-corrected chi connectivity index (χ1v) is 53.4. The Morgan fingerprint density at radius 1 is 0.331 bits per heavy atom. The van der Waals surface area contributed by atoms with Crippen molar-refractivity contribution < 1.29 is 134 Å². The maximum atomic E-state index is 12.8. The summed E-state index contributed by atoms with van der Waals surface area (Å²) in [5.41, 5.74) is 3.99. The van der Waals surface area contributed by atoms with Gasteiger partial charge < -0.3 is 66.8 Å². The molecule has 0 heterocycles. The lowest BCUT2D eigenvalue weighted by atomic mass is 9.87. The van der Waals surface area contributed by atoms with E-state index >= 15 is 0 Å². The molecule has 0 saturated heterocycles. The number of nitrogens with two attached hydrogens (primary N) is 2. The Morgan fingerprint density at radius 2 is 0.581 bits per heavy atom. The lowest BCUT2D eigenvalue weighted by molar-refractivity contribution is -0.150. The number of hydrogen-bond acceptors (Lipinski definition) is 29. The van der Waals surface area contributed by atoms with Crippen LogP contribution in [0.3, 0.4) is 0 Å². The minimum absolute atomic E-state index is 0. The van der Waals surface area contributed by atoms with E-state index in [-0.39, 0.29) is 67.9 Å². The molecule has 8 atom stereocenters. The second-order valence-electron chi connectivity index (χ2n) is 39.6. The number of halogens is 1. The normalized spacial score (nSPS) is 13.2. The number of sulfonamides is 5. The van der Waals surface area contributed by atoms with Gasteiger partial charge in [0.1, 0.15) is 60.7 Å². The van der Waals surface area contributed by atoms with E-state index in [1.807, 2.05) is 100 Å². The zero-order valence-corrected chi connectivity index (χ0v) is 92.5. The third-order valence-corrected chi connectivity index (χ3v) is 25.8. The van der Waals surface area contributed by atoms with Gasteiger partial charge in [-0.25, -0.2) is 109 Å². The van der Waals surface area contributed by atoms with Crippen LogP contribution in [0.2, 0.25) is 0 Å². The van der Waals surface area contributed by atoms with Crippen molar-refractivity contribution in [2.45, 2.75) is 270 Å². The molecule has 0 fully saturated rings. The summed E-state index contributed by atoms with van der Waals surface area (Å²) in [6.45, 7) is 43.0. The van der Waals surface area contributed by atoms with Crippen LogP contribution in [0, 0.1) is 45.8 Å². The van der Waals surface area contributed by atoms with Gasteiger partial charge in [-0.2, -0.15) is 4.99 Å². The summed E-state index contributed by atoms with van der Waals surface area (Å²) in [7, 11) is -19.5. The number of isocyanates is 1. The number of carbonyl (C=O) groups excluding carboxylic acids is 11. The fourth-order valence-corrected chi connectivity index (χ4v) is 16.1. The molecule has 0 aliphatic carbocycles. The number of benzene rings is 7. The SMILES string of the molecule is CC(C)(C)[C@H](N=C=O)C(=O)OCc1ccccc1.CC(C)[C@H](N)C(=O)NS(=O)(=O)c1ccccc1.CC(C)[C@H](NC(=O)N[C@H](C(=O)O)C(C)(C)C)C(=O)NS(=O)(=O)c1ccccc1.CC(C)[C@H](NC(=O)N[C@H](C(=O)OCc1ccccc1)C(C)(C)C)C(=O)NS(=O)(=O)c1ccccc1.CC(C)[C@H](NC(=O)OC(C)(C)C)C(=O)NS(=O)(=O)c1ccccc1.CC(C)[C@H](NC(=O)OC(C)(C)C)C(=O)O.Cl.NS(=O)(=O)c1ccccc1. The molecule has 0 spiro atoms. The van der Waals surface area contributed by atoms with Crippen LogP contribution in [0.15, 0.2) is 242 Å². The third-order valence-electron chi connectivity index (χ3n) is 19.4. The smallest absolute Gasteiger partial charge is 0.408 e. The zero-order valence-electron chi connectivity index (χ0n) is 87.6. The fourth-order valence-electron chi connectivity index (χ4n) is 11.5. The van der Waals surface area contributed by atoms with Crippen molar-refractivity contribution in [3.63, 3.8) is 0 Å². The van der Waals surface area contributed by atoms with E-state index in [4.69, 9.17) is 34.9 Å². The Balaban J connectivity index is 0.00000175. The van der Waals surface area contributed by atoms with E-state index in [9.17, 15) is 110 Å². The third kappa shape index (κ3) is 52.4. The van der Waals surface area contributed by atoms with E-state index in [2.05, 4.69) is 36.9 Å². The van der Waals surface area contributed by atoms with Crippen molar-refractivity contribution in [3.8, 4) is 0 Å². The number of aliphatic carboxylic acids is 2. The Kier molecular flexibility index (Phi) is 56.0. The summed E-state index contributed by atoms with van der Waals surface area (Å²) in [5.74, 6) is -8.27. The average Bonchev–Trinajstić information content (AvgIpc) is 0.833. The van der Waals surface area contributed by atoms with Crippen molar-refractivity contribution >= 4 is 140 Å². The van der Waals surface area contributed by atoms with E-state index in [0.717, 1.165) is 11.1 Å². The predicted octanol–water partition coefficient (Wildman–Crippen LogP) is 11.7. The van der Waals surface area contributed by atoms with Crippen LogP contribution >= 0.6 is 12.4 Å². The predicted molar refractivity (Wildman–Crippen MR) is 557 cm³/mol. The lowest BCUT2D eigenvalue weighted by Gasteiger charge is -2.30. The van der Waals surface area contributed by atoms with Gasteiger partial charge in [0.2, 0.25) is 16.1 Å². The van der Waals surface area contributed by atoms with Gasteiger partial charge in [0.05, 0.1) is 30.5 Å². The van der Waals surface area contributed by atoms with Crippen LogP contribution in [0.4, 0.5) is 19.2 Å². The fraction of sp³-hybridized carbons (Fsp3) is 0.450. The minimum atomic E-state index is -4.11. The van der Waals surface area contributed by atoms with Crippen LogP contribution in [-0.2, 0) is 125 Å².